The molecule has 29 heavy (non-hydrogen) atoms. The van der Waals surface area contributed by atoms with Crippen LogP contribution in [0.15, 0.2) is 12.1 Å². The predicted octanol–water partition coefficient (Wildman–Crippen LogP) is -0.449. The lowest BCUT2D eigenvalue weighted by molar-refractivity contribution is -0.320. The predicted molar refractivity (Wildman–Crippen MR) is 96.5 cm³/mol. The van der Waals surface area contributed by atoms with Gasteiger partial charge in [-0.2, -0.15) is 5.06 Å². The zero-order valence-electron chi connectivity index (χ0n) is 16.5. The van der Waals surface area contributed by atoms with Gasteiger partial charge in [-0.3, -0.25) is 9.63 Å². The lowest BCUT2D eigenvalue weighted by Gasteiger charge is -2.41. The molecular weight excluding hydrogens is 390 g/mol. The molecule has 1 saturated heterocycles. The van der Waals surface area contributed by atoms with Gasteiger partial charge in [-0.05, 0) is 6.42 Å². The van der Waals surface area contributed by atoms with Crippen LogP contribution in [0.1, 0.15) is 13.3 Å². The minimum absolute atomic E-state index is 0.201. The number of aliphatic hydroxyl groups is 3. The number of ether oxygens (including phenoxy) is 5. The molecule has 11 heteroatoms. The van der Waals surface area contributed by atoms with Crippen LogP contribution in [0.2, 0.25) is 0 Å². The Labute approximate surface area is 167 Å². The second-order valence-electron chi connectivity index (χ2n) is 6.50. The van der Waals surface area contributed by atoms with Crippen LogP contribution in [0.25, 0.3) is 0 Å². The molecule has 1 aromatic carbocycles. The first-order chi connectivity index (χ1) is 13.9. The smallest absolute Gasteiger partial charge is 0.320 e. The van der Waals surface area contributed by atoms with Gasteiger partial charge in [0.2, 0.25) is 0 Å². The highest BCUT2D eigenvalue weighted by Gasteiger charge is 2.47. The Morgan fingerprint density at radius 1 is 1.03 bits per heavy atom. The summed E-state index contributed by atoms with van der Waals surface area (Å²) >= 11 is 0. The number of nitrogens with zero attached hydrogens (tertiary/aromatic N) is 1. The molecule has 1 amide bonds. The van der Waals surface area contributed by atoms with Gasteiger partial charge in [0.25, 0.3) is 6.29 Å². The van der Waals surface area contributed by atoms with Crippen LogP contribution >= 0.6 is 0 Å². The van der Waals surface area contributed by atoms with E-state index in [-0.39, 0.29) is 11.4 Å². The summed E-state index contributed by atoms with van der Waals surface area (Å²) in [5.74, 6) is 0.190. The lowest BCUT2D eigenvalue weighted by Crippen LogP contribution is -2.60. The third-order valence-corrected chi connectivity index (χ3v) is 4.83. The number of carbonyl (C=O) groups excluding carboxylic acids is 1. The fourth-order valence-corrected chi connectivity index (χ4v) is 3.25. The zero-order chi connectivity index (χ0) is 21.3. The summed E-state index contributed by atoms with van der Waals surface area (Å²) in [6.45, 7) is 1.74. The van der Waals surface area contributed by atoms with E-state index in [1.165, 1.54) is 33.5 Å². The molecule has 0 aliphatic carbocycles. The van der Waals surface area contributed by atoms with Crippen molar-refractivity contribution in [3.05, 3.63) is 12.1 Å². The first-order valence-electron chi connectivity index (χ1n) is 9.02. The van der Waals surface area contributed by atoms with Crippen molar-refractivity contribution in [2.75, 3.05) is 26.4 Å². The largest absolute Gasteiger partial charge is 0.493 e. The molecule has 6 unspecified atom stereocenters. The van der Waals surface area contributed by atoms with Gasteiger partial charge in [0.15, 0.2) is 23.5 Å². The number of anilines is 1. The SMILES string of the molecule is CCC1OC(OC2Oc3cc(OC)c(OC)cc3N(OC)C2=O)C(O)C(O)C1O. The summed E-state index contributed by atoms with van der Waals surface area (Å²) in [4.78, 5) is 17.9. The number of hydrogen-bond donors (Lipinski definition) is 3. The summed E-state index contributed by atoms with van der Waals surface area (Å²) in [6.07, 6.45) is -7.76. The van der Waals surface area contributed by atoms with E-state index in [1.54, 1.807) is 6.92 Å². The molecule has 0 bridgehead atoms. The first kappa shape index (κ1) is 21.6. The zero-order valence-corrected chi connectivity index (χ0v) is 16.5. The maximum atomic E-state index is 12.8. The van der Waals surface area contributed by atoms with Gasteiger partial charge in [-0.15, -0.1) is 0 Å². The molecule has 6 atom stereocenters. The Bertz CT molecular complexity index is 742. The Morgan fingerprint density at radius 2 is 1.69 bits per heavy atom. The van der Waals surface area contributed by atoms with Crippen LogP contribution in [0.3, 0.4) is 0 Å². The normalized spacial score (nSPS) is 31.8. The van der Waals surface area contributed by atoms with Crippen LogP contribution in [0.4, 0.5) is 5.69 Å². The molecule has 2 heterocycles. The quantitative estimate of drug-likeness (QED) is 0.560. The number of amides is 1. The lowest BCUT2D eigenvalue weighted by atomic mass is 9.97. The molecule has 2 aliphatic heterocycles. The molecule has 0 aromatic heterocycles. The monoisotopic (exact) mass is 415 g/mol. The van der Waals surface area contributed by atoms with Crippen molar-refractivity contribution >= 4 is 11.6 Å². The molecular formula is C18H25NO10. The second kappa shape index (κ2) is 8.69. The number of hydrogen-bond acceptors (Lipinski definition) is 10. The van der Waals surface area contributed by atoms with Crippen molar-refractivity contribution in [3.63, 3.8) is 0 Å². The van der Waals surface area contributed by atoms with Crippen molar-refractivity contribution < 1.29 is 48.6 Å². The van der Waals surface area contributed by atoms with Gasteiger partial charge in [0.1, 0.15) is 24.0 Å². The van der Waals surface area contributed by atoms with Gasteiger partial charge in [0, 0.05) is 12.1 Å². The van der Waals surface area contributed by atoms with E-state index >= 15 is 0 Å². The highest BCUT2D eigenvalue weighted by atomic mass is 16.8. The van der Waals surface area contributed by atoms with Gasteiger partial charge in [0.05, 0.1) is 27.4 Å². The molecule has 0 spiro atoms. The van der Waals surface area contributed by atoms with Crippen molar-refractivity contribution in [2.45, 2.75) is 50.3 Å². The van der Waals surface area contributed by atoms with E-state index in [2.05, 4.69) is 0 Å². The van der Waals surface area contributed by atoms with Crippen LogP contribution in [-0.2, 0) is 19.1 Å². The molecule has 11 nitrogen and oxygen atoms in total. The van der Waals surface area contributed by atoms with Crippen LogP contribution in [-0.4, -0.2) is 79.6 Å². The molecule has 3 rings (SSSR count). The third-order valence-electron chi connectivity index (χ3n) is 4.83. The first-order valence-corrected chi connectivity index (χ1v) is 9.02. The van der Waals surface area contributed by atoms with Crippen molar-refractivity contribution in [1.29, 1.82) is 0 Å². The summed E-state index contributed by atoms with van der Waals surface area (Å²) in [5.41, 5.74) is 0.266. The highest BCUT2D eigenvalue weighted by Crippen LogP contribution is 2.43. The number of carbonyl (C=O) groups is 1. The van der Waals surface area contributed by atoms with Gasteiger partial charge < -0.3 is 39.0 Å². The van der Waals surface area contributed by atoms with E-state index in [4.69, 9.17) is 28.5 Å². The number of fused-ring (bicyclic) bond motifs is 1. The number of hydroxylamine groups is 1. The minimum Gasteiger partial charge on any atom is -0.493 e. The fraction of sp³-hybridized carbons (Fsp3) is 0.611. The molecule has 0 saturated carbocycles. The maximum Gasteiger partial charge on any atom is 0.320 e. The van der Waals surface area contributed by atoms with Gasteiger partial charge in [-0.25, -0.2) is 0 Å². The van der Waals surface area contributed by atoms with Gasteiger partial charge in [-0.1, -0.05) is 6.92 Å². The maximum absolute atomic E-state index is 12.8. The molecule has 3 N–H and O–H groups in total. The number of methoxy groups -OCH3 is 2. The van der Waals surface area contributed by atoms with Crippen molar-refractivity contribution in [2.24, 2.45) is 0 Å². The summed E-state index contributed by atoms with van der Waals surface area (Å²) in [6, 6.07) is 3.00. The average molecular weight is 415 g/mol. The van der Waals surface area contributed by atoms with E-state index in [0.29, 0.717) is 17.9 Å². The number of rotatable bonds is 6. The average Bonchev–Trinajstić information content (AvgIpc) is 2.73. The Balaban J connectivity index is 1.87. The standard InChI is InChI=1S/C18H25NO10/c1-5-9-13(20)14(21)15(22)17(27-9)29-18-16(23)19(26-4)8-6-11(24-2)12(25-3)7-10(8)28-18/h6-7,9,13-15,17-18,20-22H,5H2,1-4H3. The fourth-order valence-electron chi connectivity index (χ4n) is 3.25. The second-order valence-corrected chi connectivity index (χ2v) is 6.50. The Kier molecular flexibility index (Phi) is 6.46. The molecule has 162 valence electrons. The molecule has 0 radical (unpaired) electrons. The van der Waals surface area contributed by atoms with Crippen LogP contribution in [0.5, 0.6) is 17.2 Å². The third kappa shape index (κ3) is 3.84. The Hall–Kier alpha value is -2.15. The summed E-state index contributed by atoms with van der Waals surface area (Å²) < 4.78 is 27.1. The van der Waals surface area contributed by atoms with Crippen molar-refractivity contribution in [1.82, 2.24) is 0 Å². The van der Waals surface area contributed by atoms with E-state index in [9.17, 15) is 20.1 Å². The van der Waals surface area contributed by atoms with E-state index < -0.39 is 42.9 Å². The van der Waals surface area contributed by atoms with Gasteiger partial charge >= 0.3 is 5.91 Å². The summed E-state index contributed by atoms with van der Waals surface area (Å²) in [7, 11) is 4.19. The Morgan fingerprint density at radius 3 is 2.28 bits per heavy atom. The molecule has 1 aromatic rings. The van der Waals surface area contributed by atoms with E-state index in [1.807, 2.05) is 0 Å². The van der Waals surface area contributed by atoms with Crippen molar-refractivity contribution in [3.8, 4) is 17.2 Å². The number of aliphatic hydroxyl groups excluding tert-OH is 3. The highest BCUT2D eigenvalue weighted by molar-refractivity contribution is 5.98. The molecule has 2 aliphatic rings. The topological polar surface area (TPSA) is 136 Å². The van der Waals surface area contributed by atoms with Crippen LogP contribution in [0, 0.1) is 0 Å². The van der Waals surface area contributed by atoms with Crippen LogP contribution < -0.4 is 19.3 Å². The molecule has 1 fully saturated rings. The number of benzene rings is 1. The summed E-state index contributed by atoms with van der Waals surface area (Å²) in [5, 5.41) is 31.1. The minimum atomic E-state index is -1.59. The van der Waals surface area contributed by atoms with E-state index in [0.717, 1.165) is 5.06 Å².